The van der Waals surface area contributed by atoms with E-state index in [1.54, 1.807) is 0 Å². The lowest BCUT2D eigenvalue weighted by Crippen LogP contribution is -2.46. The average Bonchev–Trinajstić information content (AvgIpc) is 2.06. The van der Waals surface area contributed by atoms with Gasteiger partial charge in [-0.3, -0.25) is 4.79 Å². The van der Waals surface area contributed by atoms with E-state index < -0.39 is 17.7 Å². The smallest absolute Gasteiger partial charge is 0.327 e. The van der Waals surface area contributed by atoms with E-state index in [0.29, 0.717) is 25.9 Å². The van der Waals surface area contributed by atoms with Crippen molar-refractivity contribution in [1.82, 2.24) is 5.32 Å². The zero-order valence-corrected chi connectivity index (χ0v) is 6.65. The summed E-state index contributed by atoms with van der Waals surface area (Å²) in [6, 6.07) is 0. The van der Waals surface area contributed by atoms with Crippen LogP contribution in [-0.4, -0.2) is 24.9 Å². The molecule has 3 nitrogen and oxygen atoms in total. The molecule has 0 atom stereocenters. The minimum atomic E-state index is -3.33. The van der Waals surface area contributed by atoms with E-state index in [0.717, 1.165) is 0 Å². The summed E-state index contributed by atoms with van der Waals surface area (Å²) in [5.74, 6) is -5.71. The van der Waals surface area contributed by atoms with Gasteiger partial charge < -0.3 is 11.1 Å². The molecule has 1 fully saturated rings. The molecule has 1 rings (SSSR count). The predicted octanol–water partition coefficient (Wildman–Crippen LogP) is 0.107. The van der Waals surface area contributed by atoms with E-state index in [2.05, 4.69) is 11.1 Å². The fraction of sp³-hybridized carbons (Fsp3) is 0.857. The Kier molecular flexibility index (Phi) is 2.62. The highest BCUT2D eigenvalue weighted by Crippen LogP contribution is 2.30. The second-order valence-electron chi connectivity index (χ2n) is 3.01. The van der Waals surface area contributed by atoms with Crippen molar-refractivity contribution in [2.24, 2.45) is 11.7 Å². The molecule has 0 aromatic heterocycles. The number of hydrogen-bond acceptors (Lipinski definition) is 2. The summed E-state index contributed by atoms with van der Waals surface area (Å²) in [5.41, 5.74) is 4.59. The molecule has 0 saturated carbocycles. The van der Waals surface area contributed by atoms with Crippen molar-refractivity contribution in [3.63, 3.8) is 0 Å². The normalized spacial score (nSPS) is 20.8. The molecule has 0 aliphatic carbocycles. The molecule has 1 amide bonds. The summed E-state index contributed by atoms with van der Waals surface area (Å²) < 4.78 is 25.9. The SMILES string of the molecule is NC(=O)C(F)(F)C1CCNCC1. The van der Waals surface area contributed by atoms with Gasteiger partial charge in [-0.15, -0.1) is 0 Å². The maximum absolute atomic E-state index is 12.9. The number of rotatable bonds is 2. The van der Waals surface area contributed by atoms with Crippen LogP contribution in [0.15, 0.2) is 0 Å². The first kappa shape index (κ1) is 9.38. The van der Waals surface area contributed by atoms with Crippen LogP contribution in [0.5, 0.6) is 0 Å². The standard InChI is InChI=1S/C7H12F2N2O/c8-7(9,6(10)12)5-1-3-11-4-2-5/h5,11H,1-4H2,(H2,10,12). The summed E-state index contributed by atoms with van der Waals surface area (Å²) in [7, 11) is 0. The molecule has 1 aliphatic rings. The Bertz CT molecular complexity index is 178. The molecule has 70 valence electrons. The second kappa shape index (κ2) is 3.35. The summed E-state index contributed by atoms with van der Waals surface area (Å²) >= 11 is 0. The van der Waals surface area contributed by atoms with Crippen LogP contribution in [0.1, 0.15) is 12.8 Å². The summed E-state index contributed by atoms with van der Waals surface area (Å²) in [4.78, 5) is 10.4. The topological polar surface area (TPSA) is 55.1 Å². The number of alkyl halides is 2. The number of hydrogen-bond donors (Lipinski definition) is 2. The number of carbonyl (C=O) groups is 1. The quantitative estimate of drug-likeness (QED) is 0.630. The largest absolute Gasteiger partial charge is 0.364 e. The minimum absolute atomic E-state index is 0.315. The van der Waals surface area contributed by atoms with Crippen LogP contribution in [0.2, 0.25) is 0 Å². The molecular formula is C7H12F2N2O. The van der Waals surface area contributed by atoms with Crippen molar-refractivity contribution in [3.05, 3.63) is 0 Å². The first-order valence-corrected chi connectivity index (χ1v) is 3.93. The highest BCUT2D eigenvalue weighted by Gasteiger charge is 2.45. The lowest BCUT2D eigenvalue weighted by molar-refractivity contribution is -0.151. The molecule has 12 heavy (non-hydrogen) atoms. The molecule has 0 unspecified atom stereocenters. The third-order valence-electron chi connectivity index (χ3n) is 2.18. The summed E-state index contributed by atoms with van der Waals surface area (Å²) in [5, 5.41) is 2.94. The summed E-state index contributed by atoms with van der Waals surface area (Å²) in [6.07, 6.45) is 0.631. The van der Waals surface area contributed by atoms with Crippen LogP contribution in [0, 0.1) is 5.92 Å². The van der Waals surface area contributed by atoms with E-state index in [-0.39, 0.29) is 0 Å². The van der Waals surface area contributed by atoms with Crippen LogP contribution in [-0.2, 0) is 4.79 Å². The van der Waals surface area contributed by atoms with Crippen LogP contribution < -0.4 is 11.1 Å². The Labute approximate surface area is 69.3 Å². The van der Waals surface area contributed by atoms with E-state index in [1.165, 1.54) is 0 Å². The third-order valence-corrected chi connectivity index (χ3v) is 2.18. The van der Waals surface area contributed by atoms with Gasteiger partial charge >= 0.3 is 5.92 Å². The zero-order valence-electron chi connectivity index (χ0n) is 6.65. The molecule has 1 aliphatic heterocycles. The lowest BCUT2D eigenvalue weighted by atomic mass is 9.91. The molecule has 1 heterocycles. The lowest BCUT2D eigenvalue weighted by Gasteiger charge is -2.27. The number of piperidine rings is 1. The fourth-order valence-corrected chi connectivity index (χ4v) is 1.39. The van der Waals surface area contributed by atoms with Gasteiger partial charge in [-0.05, 0) is 25.9 Å². The van der Waals surface area contributed by atoms with Gasteiger partial charge in [0.25, 0.3) is 5.91 Å². The van der Waals surface area contributed by atoms with E-state index >= 15 is 0 Å². The molecule has 0 aromatic carbocycles. The molecule has 0 spiro atoms. The van der Waals surface area contributed by atoms with E-state index in [4.69, 9.17) is 0 Å². The Morgan fingerprint density at radius 2 is 1.92 bits per heavy atom. The van der Waals surface area contributed by atoms with Gasteiger partial charge in [0.2, 0.25) is 0 Å². The van der Waals surface area contributed by atoms with Crippen molar-refractivity contribution in [3.8, 4) is 0 Å². The zero-order chi connectivity index (χ0) is 9.19. The van der Waals surface area contributed by atoms with Gasteiger partial charge in [0.15, 0.2) is 0 Å². The Balaban J connectivity index is 2.59. The maximum Gasteiger partial charge on any atom is 0.327 e. The number of nitrogens with two attached hydrogens (primary N) is 1. The van der Waals surface area contributed by atoms with Crippen molar-refractivity contribution in [2.45, 2.75) is 18.8 Å². The van der Waals surface area contributed by atoms with Gasteiger partial charge in [0.1, 0.15) is 0 Å². The van der Waals surface area contributed by atoms with Crippen LogP contribution in [0.4, 0.5) is 8.78 Å². The van der Waals surface area contributed by atoms with Crippen molar-refractivity contribution in [1.29, 1.82) is 0 Å². The van der Waals surface area contributed by atoms with Gasteiger partial charge in [-0.1, -0.05) is 0 Å². The molecular weight excluding hydrogens is 166 g/mol. The van der Waals surface area contributed by atoms with Crippen molar-refractivity contribution >= 4 is 5.91 Å². The number of carbonyl (C=O) groups excluding carboxylic acids is 1. The van der Waals surface area contributed by atoms with E-state index in [1.807, 2.05) is 0 Å². The highest BCUT2D eigenvalue weighted by atomic mass is 19.3. The number of amides is 1. The Morgan fingerprint density at radius 1 is 1.42 bits per heavy atom. The minimum Gasteiger partial charge on any atom is -0.364 e. The Morgan fingerprint density at radius 3 is 2.33 bits per heavy atom. The van der Waals surface area contributed by atoms with Crippen molar-refractivity contribution in [2.75, 3.05) is 13.1 Å². The number of halogens is 2. The van der Waals surface area contributed by atoms with Gasteiger partial charge in [0.05, 0.1) is 0 Å². The Hall–Kier alpha value is -0.710. The molecule has 5 heteroatoms. The van der Waals surface area contributed by atoms with Crippen LogP contribution in [0.3, 0.4) is 0 Å². The average molecular weight is 178 g/mol. The van der Waals surface area contributed by atoms with Gasteiger partial charge in [-0.2, -0.15) is 8.78 Å². The first-order chi connectivity index (χ1) is 5.55. The predicted molar refractivity (Wildman–Crippen MR) is 39.7 cm³/mol. The van der Waals surface area contributed by atoms with Crippen molar-refractivity contribution < 1.29 is 13.6 Å². The first-order valence-electron chi connectivity index (χ1n) is 3.93. The molecule has 0 bridgehead atoms. The molecule has 0 aromatic rings. The van der Waals surface area contributed by atoms with Crippen LogP contribution in [0.25, 0.3) is 0 Å². The monoisotopic (exact) mass is 178 g/mol. The molecule has 0 radical (unpaired) electrons. The van der Waals surface area contributed by atoms with Gasteiger partial charge in [-0.25, -0.2) is 0 Å². The summed E-state index contributed by atoms with van der Waals surface area (Å²) in [6.45, 7) is 1.07. The molecule has 1 saturated heterocycles. The van der Waals surface area contributed by atoms with Gasteiger partial charge in [0, 0.05) is 5.92 Å². The van der Waals surface area contributed by atoms with E-state index in [9.17, 15) is 13.6 Å². The van der Waals surface area contributed by atoms with Crippen LogP contribution >= 0.6 is 0 Å². The maximum atomic E-state index is 12.9. The fourth-order valence-electron chi connectivity index (χ4n) is 1.39. The number of nitrogens with one attached hydrogen (secondary N) is 1. The third kappa shape index (κ3) is 1.72. The number of primary amides is 1. The second-order valence-corrected chi connectivity index (χ2v) is 3.01. The highest BCUT2D eigenvalue weighted by molar-refractivity contribution is 5.81. The molecule has 3 N–H and O–H groups in total.